The van der Waals surface area contributed by atoms with E-state index in [-0.39, 0.29) is 11.5 Å². The molecule has 3 rings (SSSR count). The fourth-order valence-corrected chi connectivity index (χ4v) is 3.19. The molecule has 28 heavy (non-hydrogen) atoms. The van der Waals surface area contributed by atoms with Crippen molar-refractivity contribution in [3.63, 3.8) is 0 Å². The number of halogens is 3. The highest BCUT2D eigenvalue weighted by Crippen LogP contribution is 2.36. The minimum absolute atomic E-state index is 0.0889. The standard InChI is InChI=1S/C21H20F3N3O/c1-12-7-5-8-14-18(12)15(20(28)27(3)4)11-25-19(14)26-17-10-6-9-16(13(17)2)21(22,23)24/h5-11H,1-4H3,(H,25,26). The van der Waals surface area contributed by atoms with E-state index in [0.717, 1.165) is 17.0 Å². The Kier molecular flexibility index (Phi) is 5.02. The van der Waals surface area contributed by atoms with Crippen molar-refractivity contribution < 1.29 is 18.0 Å². The molecule has 7 heteroatoms. The van der Waals surface area contributed by atoms with Gasteiger partial charge in [-0.25, -0.2) is 4.98 Å². The molecule has 3 aromatic rings. The minimum atomic E-state index is -4.43. The summed E-state index contributed by atoms with van der Waals surface area (Å²) in [5, 5.41) is 4.41. The predicted molar refractivity (Wildman–Crippen MR) is 104 cm³/mol. The van der Waals surface area contributed by atoms with Gasteiger partial charge < -0.3 is 10.2 Å². The van der Waals surface area contributed by atoms with Gasteiger partial charge in [0.05, 0.1) is 11.1 Å². The zero-order chi connectivity index (χ0) is 20.6. The second-order valence-corrected chi connectivity index (χ2v) is 6.82. The number of rotatable bonds is 3. The Bertz CT molecular complexity index is 1060. The molecule has 0 aliphatic rings. The minimum Gasteiger partial charge on any atom is -0.345 e. The van der Waals surface area contributed by atoms with E-state index in [0.29, 0.717) is 22.5 Å². The average Bonchev–Trinajstić information content (AvgIpc) is 2.62. The van der Waals surface area contributed by atoms with Crippen molar-refractivity contribution in [3.05, 3.63) is 64.8 Å². The van der Waals surface area contributed by atoms with Gasteiger partial charge in [-0.15, -0.1) is 0 Å². The van der Waals surface area contributed by atoms with Gasteiger partial charge in [-0.3, -0.25) is 4.79 Å². The molecule has 0 fully saturated rings. The normalized spacial score (nSPS) is 11.5. The summed E-state index contributed by atoms with van der Waals surface area (Å²) in [6.07, 6.45) is -2.97. The number of carbonyl (C=O) groups excluding carboxylic acids is 1. The first kappa shape index (κ1) is 19.7. The summed E-state index contributed by atoms with van der Waals surface area (Å²) in [6, 6.07) is 9.49. The van der Waals surface area contributed by atoms with Crippen LogP contribution in [0.25, 0.3) is 10.8 Å². The van der Waals surface area contributed by atoms with Gasteiger partial charge in [-0.05, 0) is 37.1 Å². The van der Waals surface area contributed by atoms with Gasteiger partial charge in [-0.1, -0.05) is 24.3 Å². The Hall–Kier alpha value is -3.09. The van der Waals surface area contributed by atoms with Crippen LogP contribution in [0.3, 0.4) is 0 Å². The fraction of sp³-hybridized carbons (Fsp3) is 0.238. The molecule has 0 spiro atoms. The number of aromatic nitrogens is 1. The maximum atomic E-state index is 13.2. The van der Waals surface area contributed by atoms with Gasteiger partial charge >= 0.3 is 6.18 Å². The molecule has 0 bridgehead atoms. The monoisotopic (exact) mass is 387 g/mol. The number of anilines is 2. The number of amides is 1. The molecule has 146 valence electrons. The smallest absolute Gasteiger partial charge is 0.345 e. The zero-order valence-electron chi connectivity index (χ0n) is 16.0. The van der Waals surface area contributed by atoms with E-state index < -0.39 is 11.7 Å². The molecule has 1 aromatic heterocycles. The molecule has 1 heterocycles. The number of hydrogen-bond donors (Lipinski definition) is 1. The summed E-state index contributed by atoms with van der Waals surface area (Å²) in [4.78, 5) is 18.3. The van der Waals surface area contributed by atoms with Gasteiger partial charge in [0.1, 0.15) is 5.82 Å². The largest absolute Gasteiger partial charge is 0.416 e. The molecule has 4 nitrogen and oxygen atoms in total. The zero-order valence-corrected chi connectivity index (χ0v) is 16.0. The lowest BCUT2D eigenvalue weighted by atomic mass is 10.0. The van der Waals surface area contributed by atoms with E-state index in [1.807, 2.05) is 19.1 Å². The molecule has 0 saturated heterocycles. The lowest BCUT2D eigenvalue weighted by Crippen LogP contribution is -2.22. The molecule has 0 aliphatic carbocycles. The first-order valence-electron chi connectivity index (χ1n) is 8.65. The quantitative estimate of drug-likeness (QED) is 0.662. The second-order valence-electron chi connectivity index (χ2n) is 6.82. The van der Waals surface area contributed by atoms with Crippen LogP contribution in [0.5, 0.6) is 0 Å². The van der Waals surface area contributed by atoms with E-state index >= 15 is 0 Å². The van der Waals surface area contributed by atoms with Gasteiger partial charge in [-0.2, -0.15) is 13.2 Å². The lowest BCUT2D eigenvalue weighted by molar-refractivity contribution is -0.138. The van der Waals surface area contributed by atoms with Crippen LogP contribution >= 0.6 is 0 Å². The van der Waals surface area contributed by atoms with Gasteiger partial charge in [0.25, 0.3) is 5.91 Å². The topological polar surface area (TPSA) is 45.2 Å². The Labute approximate surface area is 161 Å². The highest BCUT2D eigenvalue weighted by Gasteiger charge is 2.33. The highest BCUT2D eigenvalue weighted by atomic mass is 19.4. The first-order valence-corrected chi connectivity index (χ1v) is 8.65. The Morgan fingerprint density at radius 1 is 1.07 bits per heavy atom. The maximum Gasteiger partial charge on any atom is 0.416 e. The van der Waals surface area contributed by atoms with E-state index in [4.69, 9.17) is 0 Å². The third-order valence-electron chi connectivity index (χ3n) is 4.65. The van der Waals surface area contributed by atoms with Crippen molar-refractivity contribution >= 4 is 28.2 Å². The summed E-state index contributed by atoms with van der Waals surface area (Å²) >= 11 is 0. The van der Waals surface area contributed by atoms with Crippen LogP contribution in [0.1, 0.15) is 27.0 Å². The summed E-state index contributed by atoms with van der Waals surface area (Å²) in [7, 11) is 3.31. The lowest BCUT2D eigenvalue weighted by Gasteiger charge is -2.18. The van der Waals surface area contributed by atoms with Crippen molar-refractivity contribution in [2.45, 2.75) is 20.0 Å². The second kappa shape index (κ2) is 7.14. The van der Waals surface area contributed by atoms with Crippen LogP contribution in [0.2, 0.25) is 0 Å². The van der Waals surface area contributed by atoms with Crippen molar-refractivity contribution in [2.24, 2.45) is 0 Å². The van der Waals surface area contributed by atoms with E-state index in [1.165, 1.54) is 24.1 Å². The number of aryl methyl sites for hydroxylation is 1. The third kappa shape index (κ3) is 3.52. The number of pyridine rings is 1. The summed E-state index contributed by atoms with van der Waals surface area (Å²) in [5.41, 5.74) is 1.04. The van der Waals surface area contributed by atoms with Crippen LogP contribution in [0, 0.1) is 13.8 Å². The number of carbonyl (C=O) groups is 1. The van der Waals surface area contributed by atoms with Gasteiger partial charge in [0.2, 0.25) is 0 Å². The number of alkyl halides is 3. The molecule has 0 atom stereocenters. The summed E-state index contributed by atoms with van der Waals surface area (Å²) < 4.78 is 39.6. The number of hydrogen-bond acceptors (Lipinski definition) is 3. The molecule has 0 saturated carbocycles. The Balaban J connectivity index is 2.16. The van der Waals surface area contributed by atoms with Crippen molar-refractivity contribution in [2.75, 3.05) is 19.4 Å². The molecule has 0 unspecified atom stereocenters. The Morgan fingerprint density at radius 3 is 2.39 bits per heavy atom. The molecule has 1 amide bonds. The SMILES string of the molecule is Cc1c(Nc2ncc(C(=O)N(C)C)c3c(C)cccc23)cccc1C(F)(F)F. The van der Waals surface area contributed by atoms with Crippen molar-refractivity contribution in [1.29, 1.82) is 0 Å². The molecule has 0 aliphatic heterocycles. The van der Waals surface area contributed by atoms with E-state index in [2.05, 4.69) is 10.3 Å². The van der Waals surface area contributed by atoms with Gasteiger partial charge in [0.15, 0.2) is 0 Å². The van der Waals surface area contributed by atoms with Crippen LogP contribution < -0.4 is 5.32 Å². The number of nitrogens with zero attached hydrogens (tertiary/aromatic N) is 2. The average molecular weight is 387 g/mol. The van der Waals surface area contributed by atoms with Crippen LogP contribution in [-0.4, -0.2) is 29.9 Å². The predicted octanol–water partition coefficient (Wildman–Crippen LogP) is 5.32. The van der Waals surface area contributed by atoms with Gasteiger partial charge in [0, 0.05) is 36.8 Å². The molecule has 0 radical (unpaired) electrons. The molecular formula is C21H20F3N3O. The number of fused-ring (bicyclic) bond motifs is 1. The van der Waals surface area contributed by atoms with Crippen LogP contribution in [-0.2, 0) is 6.18 Å². The van der Waals surface area contributed by atoms with Crippen LogP contribution in [0.15, 0.2) is 42.6 Å². The highest BCUT2D eigenvalue weighted by molar-refractivity contribution is 6.10. The summed E-state index contributed by atoms with van der Waals surface area (Å²) in [5.74, 6) is 0.213. The fourth-order valence-electron chi connectivity index (χ4n) is 3.19. The van der Waals surface area contributed by atoms with Crippen LogP contribution in [0.4, 0.5) is 24.7 Å². The third-order valence-corrected chi connectivity index (χ3v) is 4.65. The van der Waals surface area contributed by atoms with E-state index in [1.54, 1.807) is 26.2 Å². The molecule has 2 aromatic carbocycles. The van der Waals surface area contributed by atoms with Crippen molar-refractivity contribution in [1.82, 2.24) is 9.88 Å². The number of nitrogens with one attached hydrogen (secondary N) is 1. The first-order chi connectivity index (χ1) is 13.1. The maximum absolute atomic E-state index is 13.2. The van der Waals surface area contributed by atoms with Crippen molar-refractivity contribution in [3.8, 4) is 0 Å². The molecule has 1 N–H and O–H groups in total. The number of benzene rings is 2. The molecular weight excluding hydrogens is 367 g/mol. The van der Waals surface area contributed by atoms with E-state index in [9.17, 15) is 18.0 Å². The Morgan fingerprint density at radius 2 is 1.75 bits per heavy atom. The summed E-state index contributed by atoms with van der Waals surface area (Å²) in [6.45, 7) is 3.30.